The molecule has 116 valence electrons. The summed E-state index contributed by atoms with van der Waals surface area (Å²) in [6.07, 6.45) is 1.53. The molecule has 0 aliphatic heterocycles. The van der Waals surface area contributed by atoms with Crippen LogP contribution >= 0.6 is 11.6 Å². The van der Waals surface area contributed by atoms with Crippen molar-refractivity contribution in [2.75, 3.05) is 11.9 Å². The third-order valence-electron chi connectivity index (χ3n) is 3.18. The Morgan fingerprint density at radius 2 is 2.09 bits per heavy atom. The number of hydrogen-bond acceptors (Lipinski definition) is 3. The Balaban J connectivity index is 2.02. The summed E-state index contributed by atoms with van der Waals surface area (Å²) in [6, 6.07) is 8.76. The summed E-state index contributed by atoms with van der Waals surface area (Å²) in [5.74, 6) is 0.142. The monoisotopic (exact) mass is 320 g/mol. The number of halogens is 1. The summed E-state index contributed by atoms with van der Waals surface area (Å²) in [7, 11) is 0. The van der Waals surface area contributed by atoms with Crippen molar-refractivity contribution in [3.63, 3.8) is 0 Å². The molecule has 0 aliphatic rings. The maximum atomic E-state index is 12.1. The van der Waals surface area contributed by atoms with Gasteiger partial charge in [-0.1, -0.05) is 17.7 Å². The molecule has 22 heavy (non-hydrogen) atoms. The minimum atomic E-state index is -0.285. The minimum absolute atomic E-state index is 0.0536. The van der Waals surface area contributed by atoms with Gasteiger partial charge < -0.3 is 14.6 Å². The summed E-state index contributed by atoms with van der Waals surface area (Å²) in [5.41, 5.74) is 1.54. The minimum Gasteiger partial charge on any atom is -0.467 e. The number of carbonyl (C=O) groups excluding carboxylic acids is 2. The van der Waals surface area contributed by atoms with Gasteiger partial charge >= 0.3 is 0 Å². The van der Waals surface area contributed by atoms with E-state index in [1.807, 2.05) is 13.0 Å². The van der Waals surface area contributed by atoms with Crippen LogP contribution in [0.4, 0.5) is 5.69 Å². The van der Waals surface area contributed by atoms with Gasteiger partial charge in [-0.15, -0.1) is 0 Å². The van der Waals surface area contributed by atoms with Gasteiger partial charge in [0.1, 0.15) is 12.3 Å². The second-order valence-corrected chi connectivity index (χ2v) is 5.40. The molecular formula is C16H17ClN2O3. The van der Waals surface area contributed by atoms with Crippen molar-refractivity contribution in [3.8, 4) is 0 Å². The average Bonchev–Trinajstić information content (AvgIpc) is 2.95. The van der Waals surface area contributed by atoms with Gasteiger partial charge in [0.05, 0.1) is 12.8 Å². The zero-order valence-corrected chi connectivity index (χ0v) is 13.2. The molecule has 6 heteroatoms. The van der Waals surface area contributed by atoms with Gasteiger partial charge in [-0.3, -0.25) is 9.59 Å². The number of benzene rings is 1. The summed E-state index contributed by atoms with van der Waals surface area (Å²) >= 11 is 5.92. The lowest BCUT2D eigenvalue weighted by Crippen LogP contribution is -2.36. The van der Waals surface area contributed by atoms with E-state index in [1.165, 1.54) is 18.1 Å². The van der Waals surface area contributed by atoms with E-state index < -0.39 is 0 Å². The van der Waals surface area contributed by atoms with Crippen LogP contribution in [0.3, 0.4) is 0 Å². The Morgan fingerprint density at radius 3 is 2.73 bits per heavy atom. The van der Waals surface area contributed by atoms with Crippen molar-refractivity contribution in [1.82, 2.24) is 4.90 Å². The van der Waals surface area contributed by atoms with Crippen LogP contribution in [0.2, 0.25) is 5.02 Å². The van der Waals surface area contributed by atoms with Crippen LogP contribution in [0.15, 0.2) is 41.0 Å². The topological polar surface area (TPSA) is 62.6 Å². The highest BCUT2D eigenvalue weighted by Crippen LogP contribution is 2.20. The van der Waals surface area contributed by atoms with Gasteiger partial charge in [-0.05, 0) is 36.8 Å². The standard InChI is InChI=1S/C16H17ClN2O3/c1-11-5-6-13(17)8-15(11)18-16(21)10-19(12(2)20)9-14-4-3-7-22-14/h3-8H,9-10H2,1-2H3,(H,18,21). The molecule has 0 aliphatic carbocycles. The van der Waals surface area contributed by atoms with Crippen molar-refractivity contribution in [1.29, 1.82) is 0 Å². The molecule has 0 atom stereocenters. The van der Waals surface area contributed by atoms with E-state index in [-0.39, 0.29) is 24.9 Å². The first-order valence-corrected chi connectivity index (χ1v) is 7.17. The summed E-state index contributed by atoms with van der Waals surface area (Å²) < 4.78 is 5.21. The van der Waals surface area contributed by atoms with E-state index in [0.29, 0.717) is 16.5 Å². The molecule has 0 spiro atoms. The Labute approximate surface area is 133 Å². The number of anilines is 1. The highest BCUT2D eigenvalue weighted by molar-refractivity contribution is 6.31. The number of aryl methyl sites for hydroxylation is 1. The van der Waals surface area contributed by atoms with Crippen LogP contribution < -0.4 is 5.32 Å². The summed E-state index contributed by atoms with van der Waals surface area (Å²) in [4.78, 5) is 25.2. The van der Waals surface area contributed by atoms with E-state index >= 15 is 0 Å². The zero-order chi connectivity index (χ0) is 16.1. The molecule has 1 aromatic carbocycles. The lowest BCUT2D eigenvalue weighted by Gasteiger charge is -2.19. The molecule has 0 unspecified atom stereocenters. The quantitative estimate of drug-likeness (QED) is 0.920. The highest BCUT2D eigenvalue weighted by atomic mass is 35.5. The molecule has 1 heterocycles. The van der Waals surface area contributed by atoms with Gasteiger partial charge in [0.25, 0.3) is 0 Å². The smallest absolute Gasteiger partial charge is 0.244 e. The number of furan rings is 1. The first-order valence-electron chi connectivity index (χ1n) is 6.79. The second kappa shape index (κ2) is 7.13. The van der Waals surface area contributed by atoms with Crippen LogP contribution in [0.25, 0.3) is 0 Å². The Hall–Kier alpha value is -2.27. The third-order valence-corrected chi connectivity index (χ3v) is 3.42. The lowest BCUT2D eigenvalue weighted by atomic mass is 10.2. The van der Waals surface area contributed by atoms with Crippen molar-refractivity contribution in [3.05, 3.63) is 52.9 Å². The molecule has 1 aromatic heterocycles. The Kier molecular flexibility index (Phi) is 5.22. The highest BCUT2D eigenvalue weighted by Gasteiger charge is 2.16. The molecule has 2 amide bonds. The van der Waals surface area contributed by atoms with Crippen LogP contribution in [0, 0.1) is 6.92 Å². The number of carbonyl (C=O) groups is 2. The van der Waals surface area contributed by atoms with Crippen molar-refractivity contribution in [2.45, 2.75) is 20.4 Å². The molecule has 2 rings (SSSR count). The maximum absolute atomic E-state index is 12.1. The Bertz CT molecular complexity index is 668. The van der Waals surface area contributed by atoms with Crippen LogP contribution in [0.1, 0.15) is 18.2 Å². The lowest BCUT2D eigenvalue weighted by molar-refractivity contribution is -0.133. The van der Waals surface area contributed by atoms with E-state index in [1.54, 1.807) is 24.3 Å². The predicted octanol–water partition coefficient (Wildman–Crippen LogP) is 3.23. The SMILES string of the molecule is CC(=O)N(CC(=O)Nc1cc(Cl)ccc1C)Cc1ccco1. The van der Waals surface area contributed by atoms with E-state index in [0.717, 1.165) is 5.56 Å². The number of nitrogens with one attached hydrogen (secondary N) is 1. The summed E-state index contributed by atoms with van der Waals surface area (Å²) in [5, 5.41) is 3.31. The molecule has 5 nitrogen and oxygen atoms in total. The normalized spacial score (nSPS) is 10.3. The van der Waals surface area contributed by atoms with E-state index in [4.69, 9.17) is 16.0 Å². The average molecular weight is 321 g/mol. The van der Waals surface area contributed by atoms with Crippen molar-refractivity contribution < 1.29 is 14.0 Å². The fraction of sp³-hybridized carbons (Fsp3) is 0.250. The third kappa shape index (κ3) is 4.36. The van der Waals surface area contributed by atoms with Gasteiger partial charge in [-0.2, -0.15) is 0 Å². The molecule has 0 bridgehead atoms. The van der Waals surface area contributed by atoms with E-state index in [2.05, 4.69) is 5.32 Å². The molecule has 2 aromatic rings. The van der Waals surface area contributed by atoms with Crippen molar-refractivity contribution in [2.24, 2.45) is 0 Å². The van der Waals surface area contributed by atoms with Gasteiger partial charge in [0, 0.05) is 17.6 Å². The molecule has 0 saturated carbocycles. The van der Waals surface area contributed by atoms with Crippen molar-refractivity contribution >= 4 is 29.1 Å². The Morgan fingerprint density at radius 1 is 1.32 bits per heavy atom. The molecule has 1 N–H and O–H groups in total. The number of nitrogens with zero attached hydrogens (tertiary/aromatic N) is 1. The summed E-state index contributed by atoms with van der Waals surface area (Å²) in [6.45, 7) is 3.49. The first kappa shape index (κ1) is 16.1. The van der Waals surface area contributed by atoms with Crippen LogP contribution in [-0.2, 0) is 16.1 Å². The fourth-order valence-corrected chi connectivity index (χ4v) is 2.13. The number of amides is 2. The van der Waals surface area contributed by atoms with Gasteiger partial charge in [-0.25, -0.2) is 0 Å². The largest absolute Gasteiger partial charge is 0.467 e. The molecule has 0 saturated heterocycles. The van der Waals surface area contributed by atoms with Crippen LogP contribution in [-0.4, -0.2) is 23.3 Å². The molecule has 0 radical (unpaired) electrons. The predicted molar refractivity (Wildman–Crippen MR) is 84.6 cm³/mol. The number of hydrogen-bond donors (Lipinski definition) is 1. The maximum Gasteiger partial charge on any atom is 0.244 e. The number of rotatable bonds is 5. The van der Waals surface area contributed by atoms with Gasteiger partial charge in [0.15, 0.2) is 0 Å². The van der Waals surface area contributed by atoms with Gasteiger partial charge in [0.2, 0.25) is 11.8 Å². The fourth-order valence-electron chi connectivity index (χ4n) is 1.96. The van der Waals surface area contributed by atoms with E-state index in [9.17, 15) is 9.59 Å². The molecular weight excluding hydrogens is 304 g/mol. The zero-order valence-electron chi connectivity index (χ0n) is 12.4. The molecule has 0 fully saturated rings. The first-order chi connectivity index (χ1) is 10.5. The second-order valence-electron chi connectivity index (χ2n) is 4.96. The van der Waals surface area contributed by atoms with Crippen LogP contribution in [0.5, 0.6) is 0 Å².